The van der Waals surface area contributed by atoms with Crippen molar-refractivity contribution in [3.05, 3.63) is 30.1 Å². The molecule has 100 valence electrons. The van der Waals surface area contributed by atoms with Crippen LogP contribution in [0.25, 0.3) is 0 Å². The van der Waals surface area contributed by atoms with Crippen molar-refractivity contribution in [3.8, 4) is 0 Å². The molecule has 1 fully saturated rings. The van der Waals surface area contributed by atoms with E-state index in [1.807, 2.05) is 6.07 Å². The zero-order chi connectivity index (χ0) is 13.1. The number of nitrogens with zero attached hydrogens (tertiary/aromatic N) is 1. The lowest BCUT2D eigenvalue weighted by molar-refractivity contribution is -0.0270. The molecule has 2 rings (SSSR count). The van der Waals surface area contributed by atoms with Crippen molar-refractivity contribution in [3.63, 3.8) is 0 Å². The molecule has 0 atom stereocenters. The van der Waals surface area contributed by atoms with Crippen molar-refractivity contribution < 1.29 is 13.5 Å². The Bertz CT molecular complexity index is 483. The minimum Gasteiger partial charge on any atom is -0.389 e. The Labute approximate surface area is 107 Å². The zero-order valence-corrected chi connectivity index (χ0v) is 11.0. The molecular weight excluding hydrogens is 252 g/mol. The van der Waals surface area contributed by atoms with Gasteiger partial charge in [-0.2, -0.15) is 0 Å². The normalized spacial score (nSPS) is 18.3. The molecule has 1 aliphatic rings. The average Bonchev–Trinajstić information content (AvgIpc) is 2.33. The lowest BCUT2D eigenvalue weighted by Crippen LogP contribution is -2.48. The van der Waals surface area contributed by atoms with E-state index in [4.69, 9.17) is 0 Å². The smallest absolute Gasteiger partial charge is 0.212 e. The van der Waals surface area contributed by atoms with Gasteiger partial charge in [-0.05, 0) is 31.4 Å². The van der Waals surface area contributed by atoms with Crippen LogP contribution < -0.4 is 4.72 Å². The maximum Gasteiger partial charge on any atom is 0.212 e. The molecule has 1 aromatic heterocycles. The summed E-state index contributed by atoms with van der Waals surface area (Å²) in [5.41, 5.74) is -0.0665. The van der Waals surface area contributed by atoms with E-state index in [2.05, 4.69) is 9.71 Å². The summed E-state index contributed by atoms with van der Waals surface area (Å²) >= 11 is 0. The number of rotatable bonds is 6. The minimum atomic E-state index is -3.34. The molecule has 6 heteroatoms. The topological polar surface area (TPSA) is 79.3 Å². The van der Waals surface area contributed by atoms with Gasteiger partial charge >= 0.3 is 0 Å². The highest BCUT2D eigenvalue weighted by molar-refractivity contribution is 7.89. The van der Waals surface area contributed by atoms with Crippen LogP contribution in [0.2, 0.25) is 0 Å². The highest BCUT2D eigenvalue weighted by Crippen LogP contribution is 2.30. The fourth-order valence-electron chi connectivity index (χ4n) is 1.86. The highest BCUT2D eigenvalue weighted by Gasteiger charge is 2.35. The summed E-state index contributed by atoms with van der Waals surface area (Å²) in [6, 6.07) is 5.43. The van der Waals surface area contributed by atoms with Crippen molar-refractivity contribution in [1.82, 2.24) is 9.71 Å². The molecule has 0 spiro atoms. The molecule has 0 bridgehead atoms. The molecule has 0 radical (unpaired) electrons. The predicted octanol–water partition coefficient (Wildman–Crippen LogP) is 0.458. The molecule has 0 amide bonds. The standard InChI is InChI=1S/C12H18N2O3S/c15-12(6-3-7-12)10-14-18(16,17)9-5-11-4-1-2-8-13-11/h1-2,4,8,14-15H,3,5-7,9-10H2. The first-order chi connectivity index (χ1) is 8.49. The van der Waals surface area contributed by atoms with E-state index in [1.54, 1.807) is 18.3 Å². The number of hydrogen-bond acceptors (Lipinski definition) is 4. The van der Waals surface area contributed by atoms with Gasteiger partial charge in [0.2, 0.25) is 10.0 Å². The summed E-state index contributed by atoms with van der Waals surface area (Å²) in [6.07, 6.45) is 4.35. The maximum absolute atomic E-state index is 11.7. The first-order valence-corrected chi connectivity index (χ1v) is 7.74. The van der Waals surface area contributed by atoms with Gasteiger partial charge in [0.05, 0.1) is 11.4 Å². The third-order valence-electron chi connectivity index (χ3n) is 3.26. The van der Waals surface area contributed by atoms with Gasteiger partial charge in [-0.15, -0.1) is 0 Å². The quantitative estimate of drug-likeness (QED) is 0.787. The Balaban J connectivity index is 1.80. The van der Waals surface area contributed by atoms with E-state index in [0.717, 1.165) is 12.1 Å². The van der Waals surface area contributed by atoms with Crippen LogP contribution in [0.1, 0.15) is 25.0 Å². The zero-order valence-electron chi connectivity index (χ0n) is 10.2. The molecule has 0 saturated heterocycles. The van der Waals surface area contributed by atoms with Crippen LogP contribution in [0.3, 0.4) is 0 Å². The van der Waals surface area contributed by atoms with Crippen molar-refractivity contribution >= 4 is 10.0 Å². The number of hydrogen-bond donors (Lipinski definition) is 2. The Hall–Kier alpha value is -0.980. The Kier molecular flexibility index (Phi) is 3.99. The van der Waals surface area contributed by atoms with E-state index < -0.39 is 15.6 Å². The molecule has 5 nitrogen and oxygen atoms in total. The second-order valence-electron chi connectivity index (χ2n) is 4.79. The molecule has 0 aromatic carbocycles. The van der Waals surface area contributed by atoms with E-state index >= 15 is 0 Å². The molecule has 0 unspecified atom stereocenters. The lowest BCUT2D eigenvalue weighted by Gasteiger charge is -2.36. The van der Waals surface area contributed by atoms with Gasteiger partial charge in [0, 0.05) is 24.9 Å². The number of pyridine rings is 1. The van der Waals surface area contributed by atoms with Gasteiger partial charge in [-0.1, -0.05) is 6.07 Å². The Morgan fingerprint density at radius 2 is 2.17 bits per heavy atom. The third kappa shape index (κ3) is 3.76. The monoisotopic (exact) mass is 270 g/mol. The number of aliphatic hydroxyl groups is 1. The number of aromatic nitrogens is 1. The van der Waals surface area contributed by atoms with E-state index in [-0.39, 0.29) is 12.3 Å². The van der Waals surface area contributed by atoms with Crippen LogP contribution in [0.4, 0.5) is 0 Å². The Morgan fingerprint density at radius 1 is 1.39 bits per heavy atom. The average molecular weight is 270 g/mol. The van der Waals surface area contributed by atoms with Crippen molar-refractivity contribution in [2.45, 2.75) is 31.3 Å². The van der Waals surface area contributed by atoms with Crippen LogP contribution in [0.15, 0.2) is 24.4 Å². The van der Waals surface area contributed by atoms with E-state index in [9.17, 15) is 13.5 Å². The summed E-state index contributed by atoms with van der Waals surface area (Å²) in [6.45, 7) is 0.123. The molecule has 1 heterocycles. The third-order valence-corrected chi connectivity index (χ3v) is 4.58. The number of aryl methyl sites for hydroxylation is 1. The van der Waals surface area contributed by atoms with Crippen molar-refractivity contribution in [1.29, 1.82) is 0 Å². The van der Waals surface area contributed by atoms with Crippen LogP contribution >= 0.6 is 0 Å². The highest BCUT2D eigenvalue weighted by atomic mass is 32.2. The Morgan fingerprint density at radius 3 is 2.72 bits per heavy atom. The van der Waals surface area contributed by atoms with Gasteiger partial charge < -0.3 is 5.11 Å². The molecule has 1 saturated carbocycles. The SMILES string of the molecule is O=S(=O)(CCc1ccccn1)NCC1(O)CCC1. The molecule has 2 N–H and O–H groups in total. The van der Waals surface area contributed by atoms with Gasteiger partial charge in [-0.3, -0.25) is 4.98 Å². The summed E-state index contributed by atoms with van der Waals surface area (Å²) in [4.78, 5) is 4.08. The second-order valence-corrected chi connectivity index (χ2v) is 6.72. The molecular formula is C12H18N2O3S. The molecule has 1 aromatic rings. The maximum atomic E-state index is 11.7. The van der Waals surface area contributed by atoms with Gasteiger partial charge in [0.15, 0.2) is 0 Å². The van der Waals surface area contributed by atoms with Gasteiger partial charge in [0.25, 0.3) is 0 Å². The van der Waals surface area contributed by atoms with Crippen LogP contribution in [-0.2, 0) is 16.4 Å². The van der Waals surface area contributed by atoms with Gasteiger partial charge in [-0.25, -0.2) is 13.1 Å². The predicted molar refractivity (Wildman–Crippen MR) is 68.5 cm³/mol. The van der Waals surface area contributed by atoms with Gasteiger partial charge in [0.1, 0.15) is 0 Å². The number of sulfonamides is 1. The lowest BCUT2D eigenvalue weighted by atomic mass is 9.81. The minimum absolute atomic E-state index is 0.0000926. The van der Waals surface area contributed by atoms with E-state index in [0.29, 0.717) is 19.3 Å². The summed E-state index contributed by atoms with van der Waals surface area (Å²) < 4.78 is 25.9. The van der Waals surface area contributed by atoms with Crippen molar-refractivity contribution in [2.24, 2.45) is 0 Å². The fraction of sp³-hybridized carbons (Fsp3) is 0.583. The fourth-order valence-corrected chi connectivity index (χ4v) is 2.97. The summed E-state index contributed by atoms with van der Waals surface area (Å²) in [5, 5.41) is 9.82. The molecule has 18 heavy (non-hydrogen) atoms. The molecule has 0 aliphatic heterocycles. The van der Waals surface area contributed by atoms with Crippen LogP contribution in [-0.4, -0.2) is 36.4 Å². The second kappa shape index (κ2) is 5.34. The molecule has 1 aliphatic carbocycles. The first kappa shape index (κ1) is 13.5. The van der Waals surface area contributed by atoms with Crippen LogP contribution in [0, 0.1) is 0 Å². The largest absolute Gasteiger partial charge is 0.389 e. The number of nitrogens with one attached hydrogen (secondary N) is 1. The summed E-state index contributed by atoms with van der Waals surface area (Å²) in [5.74, 6) is 0.0000926. The van der Waals surface area contributed by atoms with Crippen LogP contribution in [0.5, 0.6) is 0 Å². The van der Waals surface area contributed by atoms with E-state index in [1.165, 1.54) is 0 Å². The van der Waals surface area contributed by atoms with Crippen molar-refractivity contribution in [2.75, 3.05) is 12.3 Å². The summed E-state index contributed by atoms with van der Waals surface area (Å²) in [7, 11) is -3.34. The first-order valence-electron chi connectivity index (χ1n) is 6.09.